The van der Waals surface area contributed by atoms with Crippen molar-refractivity contribution in [3.05, 3.63) is 34.1 Å². The number of hydrogen-bond acceptors (Lipinski definition) is 1. The normalized spacial score (nSPS) is 12.2. The van der Waals surface area contributed by atoms with Gasteiger partial charge in [-0.05, 0) is 17.7 Å². The van der Waals surface area contributed by atoms with Gasteiger partial charge in [-0.3, -0.25) is 0 Å². The first-order chi connectivity index (χ1) is 6.15. The third kappa shape index (κ3) is 2.55. The second-order valence-electron chi connectivity index (χ2n) is 2.68. The van der Waals surface area contributed by atoms with Gasteiger partial charge in [-0.1, -0.05) is 22.0 Å². The molecule has 1 unspecified atom stereocenters. The first-order valence-corrected chi connectivity index (χ1v) is 4.58. The van der Waals surface area contributed by atoms with E-state index in [1.807, 2.05) is 0 Å². The van der Waals surface area contributed by atoms with Gasteiger partial charge >= 0.3 is 0 Å². The lowest BCUT2D eigenvalue weighted by molar-refractivity contribution is 0.623. The van der Waals surface area contributed by atoms with Crippen LogP contribution in [0.1, 0.15) is 18.0 Å². The minimum absolute atomic E-state index is 0.236. The predicted molar refractivity (Wildman–Crippen MR) is 54.5 cm³/mol. The van der Waals surface area contributed by atoms with Crippen molar-refractivity contribution in [2.24, 2.45) is 5.73 Å². The summed E-state index contributed by atoms with van der Waals surface area (Å²) >= 11 is 3.23. The zero-order valence-electron chi connectivity index (χ0n) is 6.93. The lowest BCUT2D eigenvalue weighted by Gasteiger charge is -2.10. The number of hydrogen-bond donors (Lipinski definition) is 1. The second-order valence-corrected chi connectivity index (χ2v) is 3.53. The second kappa shape index (κ2) is 4.40. The molecule has 1 aromatic rings. The van der Waals surface area contributed by atoms with Gasteiger partial charge in [-0.25, -0.2) is 4.39 Å². The van der Waals surface area contributed by atoms with Crippen LogP contribution in [0.15, 0.2) is 22.7 Å². The number of nitrogens with two attached hydrogens (primary N) is 1. The lowest BCUT2D eigenvalue weighted by atomic mass is 10.1. The third-order valence-corrected chi connectivity index (χ3v) is 2.39. The fourth-order valence-corrected chi connectivity index (χ4v) is 1.68. The molecular formula is C10H9BrFN. The average molecular weight is 242 g/mol. The summed E-state index contributed by atoms with van der Waals surface area (Å²) < 4.78 is 13.3. The van der Waals surface area contributed by atoms with E-state index < -0.39 is 0 Å². The topological polar surface area (TPSA) is 26.0 Å². The Morgan fingerprint density at radius 3 is 2.85 bits per heavy atom. The van der Waals surface area contributed by atoms with Crippen LogP contribution in [0.5, 0.6) is 0 Å². The number of terminal acetylenes is 1. The molecule has 1 nitrogen and oxygen atoms in total. The summed E-state index contributed by atoms with van der Waals surface area (Å²) in [5.41, 5.74) is 6.59. The molecule has 1 aromatic carbocycles. The van der Waals surface area contributed by atoms with Gasteiger partial charge < -0.3 is 5.73 Å². The molecule has 0 saturated carbocycles. The van der Waals surface area contributed by atoms with Crippen molar-refractivity contribution in [1.82, 2.24) is 0 Å². The van der Waals surface area contributed by atoms with Crippen LogP contribution in [0.25, 0.3) is 0 Å². The molecular weight excluding hydrogens is 233 g/mol. The quantitative estimate of drug-likeness (QED) is 0.792. The van der Waals surface area contributed by atoms with Gasteiger partial charge in [-0.15, -0.1) is 12.3 Å². The van der Waals surface area contributed by atoms with Crippen molar-refractivity contribution in [3.8, 4) is 12.3 Å². The van der Waals surface area contributed by atoms with Gasteiger partial charge in [-0.2, -0.15) is 0 Å². The third-order valence-electron chi connectivity index (χ3n) is 1.70. The standard InChI is InChI=1S/C10H9BrFN/c1-2-3-10(13)8-5-4-7(12)6-9(8)11/h1,4-6,10H,3,13H2. The molecule has 0 spiro atoms. The molecule has 1 rings (SSSR count). The highest BCUT2D eigenvalue weighted by Gasteiger charge is 2.08. The van der Waals surface area contributed by atoms with E-state index >= 15 is 0 Å². The summed E-state index contributed by atoms with van der Waals surface area (Å²) in [6.07, 6.45) is 5.58. The van der Waals surface area contributed by atoms with Crippen LogP contribution < -0.4 is 5.73 Å². The lowest BCUT2D eigenvalue weighted by Crippen LogP contribution is -2.09. The molecule has 0 amide bonds. The van der Waals surface area contributed by atoms with Gasteiger partial charge in [0.05, 0.1) is 0 Å². The Morgan fingerprint density at radius 1 is 1.62 bits per heavy atom. The molecule has 0 aromatic heterocycles. The molecule has 0 aliphatic rings. The SMILES string of the molecule is C#CCC(N)c1ccc(F)cc1Br. The summed E-state index contributed by atoms with van der Waals surface area (Å²) in [5.74, 6) is 2.18. The highest BCUT2D eigenvalue weighted by Crippen LogP contribution is 2.24. The molecule has 0 aliphatic heterocycles. The van der Waals surface area contributed by atoms with Gasteiger partial charge in [0.25, 0.3) is 0 Å². The first-order valence-electron chi connectivity index (χ1n) is 3.79. The zero-order chi connectivity index (χ0) is 9.84. The smallest absolute Gasteiger partial charge is 0.124 e. The first kappa shape index (κ1) is 10.2. The Bertz CT molecular complexity index is 343. The van der Waals surface area contributed by atoms with Crippen molar-refractivity contribution in [3.63, 3.8) is 0 Å². The van der Waals surface area contributed by atoms with E-state index in [2.05, 4.69) is 21.9 Å². The zero-order valence-corrected chi connectivity index (χ0v) is 8.51. The molecule has 0 aliphatic carbocycles. The monoisotopic (exact) mass is 241 g/mol. The van der Waals surface area contributed by atoms with Crippen LogP contribution >= 0.6 is 15.9 Å². The summed E-state index contributed by atoms with van der Waals surface area (Å²) in [4.78, 5) is 0. The highest BCUT2D eigenvalue weighted by molar-refractivity contribution is 9.10. The molecule has 2 N–H and O–H groups in total. The Balaban J connectivity index is 2.96. The van der Waals surface area contributed by atoms with Crippen molar-refractivity contribution in [2.75, 3.05) is 0 Å². The fourth-order valence-electron chi connectivity index (χ4n) is 1.04. The van der Waals surface area contributed by atoms with Crippen LogP contribution in [0.2, 0.25) is 0 Å². The number of halogens is 2. The minimum atomic E-state index is -0.288. The summed E-state index contributed by atoms with van der Waals surface area (Å²) in [6.45, 7) is 0. The maximum Gasteiger partial charge on any atom is 0.124 e. The molecule has 0 radical (unpaired) electrons. The summed E-state index contributed by atoms with van der Waals surface area (Å²) in [5, 5.41) is 0. The molecule has 1 atom stereocenters. The van der Waals surface area contributed by atoms with E-state index in [-0.39, 0.29) is 11.9 Å². The van der Waals surface area contributed by atoms with E-state index in [0.717, 1.165) is 5.56 Å². The van der Waals surface area contributed by atoms with Gasteiger partial charge in [0.1, 0.15) is 5.82 Å². The Labute approximate surface area is 85.3 Å². The molecule has 13 heavy (non-hydrogen) atoms. The predicted octanol–water partition coefficient (Wildman–Crippen LogP) is 2.61. The average Bonchev–Trinajstić information content (AvgIpc) is 2.04. The largest absolute Gasteiger partial charge is 0.323 e. The van der Waals surface area contributed by atoms with Crippen molar-refractivity contribution < 1.29 is 4.39 Å². The maximum absolute atomic E-state index is 12.7. The van der Waals surface area contributed by atoms with E-state index in [1.165, 1.54) is 12.1 Å². The van der Waals surface area contributed by atoms with Crippen LogP contribution in [-0.4, -0.2) is 0 Å². The van der Waals surface area contributed by atoms with Crippen molar-refractivity contribution >= 4 is 15.9 Å². The summed E-state index contributed by atoms with van der Waals surface area (Å²) in [6, 6.07) is 4.16. The highest BCUT2D eigenvalue weighted by atomic mass is 79.9. The van der Waals surface area contributed by atoms with Crippen LogP contribution in [0.3, 0.4) is 0 Å². The van der Waals surface area contributed by atoms with Crippen molar-refractivity contribution in [1.29, 1.82) is 0 Å². The molecule has 3 heteroatoms. The molecule has 0 fully saturated rings. The maximum atomic E-state index is 12.7. The number of benzene rings is 1. The number of rotatable bonds is 2. The van der Waals surface area contributed by atoms with Crippen LogP contribution in [0, 0.1) is 18.2 Å². The molecule has 68 valence electrons. The van der Waals surface area contributed by atoms with E-state index in [9.17, 15) is 4.39 Å². The van der Waals surface area contributed by atoms with Gasteiger partial charge in [0.15, 0.2) is 0 Å². The molecule has 0 bridgehead atoms. The Morgan fingerprint density at radius 2 is 2.31 bits per heavy atom. The van der Waals surface area contributed by atoms with Crippen LogP contribution in [0.4, 0.5) is 4.39 Å². The van der Waals surface area contributed by atoms with E-state index in [1.54, 1.807) is 6.07 Å². The van der Waals surface area contributed by atoms with Crippen LogP contribution in [-0.2, 0) is 0 Å². The Kier molecular flexibility index (Phi) is 3.47. The molecule has 0 heterocycles. The summed E-state index contributed by atoms with van der Waals surface area (Å²) in [7, 11) is 0. The van der Waals surface area contributed by atoms with Gasteiger partial charge in [0.2, 0.25) is 0 Å². The fraction of sp³-hybridized carbons (Fsp3) is 0.200. The Hall–Kier alpha value is -0.850. The minimum Gasteiger partial charge on any atom is -0.323 e. The van der Waals surface area contributed by atoms with Crippen molar-refractivity contribution in [2.45, 2.75) is 12.5 Å². The van der Waals surface area contributed by atoms with Gasteiger partial charge in [0, 0.05) is 16.9 Å². The van der Waals surface area contributed by atoms with E-state index in [4.69, 9.17) is 12.2 Å². The van der Waals surface area contributed by atoms with E-state index in [0.29, 0.717) is 10.9 Å². The molecule has 0 saturated heterocycles.